The van der Waals surface area contributed by atoms with Crippen molar-refractivity contribution in [3.63, 3.8) is 0 Å². The summed E-state index contributed by atoms with van der Waals surface area (Å²) in [5.41, 5.74) is 2.50. The molecule has 160 valence electrons. The lowest BCUT2D eigenvalue weighted by Crippen LogP contribution is -2.37. The van der Waals surface area contributed by atoms with Crippen LogP contribution in [0.15, 0.2) is 40.2 Å². The van der Waals surface area contributed by atoms with E-state index < -0.39 is 5.69 Å². The number of aryl methyl sites for hydroxylation is 3. The second kappa shape index (κ2) is 9.80. The van der Waals surface area contributed by atoms with E-state index in [-0.39, 0.29) is 11.5 Å². The summed E-state index contributed by atoms with van der Waals surface area (Å²) in [5, 5.41) is 2.94. The van der Waals surface area contributed by atoms with Gasteiger partial charge in [0.1, 0.15) is 0 Å². The molecule has 0 radical (unpaired) electrons. The summed E-state index contributed by atoms with van der Waals surface area (Å²) in [5.74, 6) is 1.78. The van der Waals surface area contributed by atoms with Crippen molar-refractivity contribution >= 4 is 28.8 Å². The number of hydrogen-bond acceptors (Lipinski definition) is 5. The van der Waals surface area contributed by atoms with Gasteiger partial charge in [-0.2, -0.15) is 11.8 Å². The minimum Gasteiger partial charge on any atom is -0.355 e. The average Bonchev–Trinajstić information content (AvgIpc) is 3.16. The molecular formula is C21H27N5O3S. The number of thioether (sulfide) groups is 1. The number of rotatable bonds is 9. The van der Waals surface area contributed by atoms with Crippen LogP contribution in [0.25, 0.3) is 11.2 Å². The van der Waals surface area contributed by atoms with Crippen molar-refractivity contribution in [3.05, 3.63) is 62.6 Å². The molecule has 1 N–H and O–H groups in total. The highest BCUT2D eigenvalue weighted by molar-refractivity contribution is 7.98. The number of carbonyl (C=O) groups excluding carboxylic acids is 1. The van der Waals surface area contributed by atoms with Crippen LogP contribution in [0.4, 0.5) is 0 Å². The lowest BCUT2D eigenvalue weighted by atomic mass is 10.2. The molecule has 30 heavy (non-hydrogen) atoms. The van der Waals surface area contributed by atoms with Crippen LogP contribution >= 0.6 is 11.8 Å². The summed E-state index contributed by atoms with van der Waals surface area (Å²) >= 11 is 1.79. The molecule has 3 aromatic rings. The van der Waals surface area contributed by atoms with E-state index in [1.807, 2.05) is 0 Å². The SMILES string of the molecule is Cc1ccc(CSCCNC(=O)CCCn2cnc3c2c(=O)n(C)c(=O)n3C)cc1. The van der Waals surface area contributed by atoms with Gasteiger partial charge in [0.05, 0.1) is 6.33 Å². The van der Waals surface area contributed by atoms with Crippen LogP contribution in [0.1, 0.15) is 24.0 Å². The summed E-state index contributed by atoms with van der Waals surface area (Å²) < 4.78 is 4.14. The fourth-order valence-electron chi connectivity index (χ4n) is 3.20. The molecule has 2 aromatic heterocycles. The summed E-state index contributed by atoms with van der Waals surface area (Å²) in [7, 11) is 3.04. The van der Waals surface area contributed by atoms with Gasteiger partial charge < -0.3 is 9.88 Å². The van der Waals surface area contributed by atoms with Crippen molar-refractivity contribution in [2.24, 2.45) is 14.1 Å². The Bertz CT molecular complexity index is 1140. The molecule has 0 atom stereocenters. The first-order chi connectivity index (χ1) is 14.4. The van der Waals surface area contributed by atoms with E-state index in [2.05, 4.69) is 41.5 Å². The van der Waals surface area contributed by atoms with Gasteiger partial charge in [0, 0.05) is 45.1 Å². The molecule has 0 aliphatic carbocycles. The number of nitrogens with zero attached hydrogens (tertiary/aromatic N) is 4. The van der Waals surface area contributed by atoms with Gasteiger partial charge >= 0.3 is 5.69 Å². The predicted molar refractivity (Wildman–Crippen MR) is 120 cm³/mol. The predicted octanol–water partition coefficient (Wildman–Crippen LogP) is 1.57. The van der Waals surface area contributed by atoms with Crippen molar-refractivity contribution < 1.29 is 4.79 Å². The van der Waals surface area contributed by atoms with E-state index in [4.69, 9.17) is 0 Å². The Labute approximate surface area is 178 Å². The largest absolute Gasteiger partial charge is 0.355 e. The second-order valence-electron chi connectivity index (χ2n) is 7.31. The number of nitrogens with one attached hydrogen (secondary N) is 1. The van der Waals surface area contributed by atoms with Gasteiger partial charge in [-0.15, -0.1) is 0 Å². The number of amides is 1. The number of benzene rings is 1. The molecule has 0 unspecified atom stereocenters. The molecule has 0 bridgehead atoms. The second-order valence-corrected chi connectivity index (χ2v) is 8.41. The topological polar surface area (TPSA) is 90.9 Å². The Morgan fingerprint density at radius 3 is 2.60 bits per heavy atom. The first kappa shape index (κ1) is 21.9. The number of aromatic nitrogens is 4. The van der Waals surface area contributed by atoms with Gasteiger partial charge in [-0.25, -0.2) is 9.78 Å². The van der Waals surface area contributed by atoms with E-state index in [0.717, 1.165) is 16.1 Å². The van der Waals surface area contributed by atoms with Crippen LogP contribution in [0.3, 0.4) is 0 Å². The maximum absolute atomic E-state index is 12.4. The van der Waals surface area contributed by atoms with Crippen LogP contribution in [-0.2, 0) is 31.2 Å². The van der Waals surface area contributed by atoms with E-state index in [9.17, 15) is 14.4 Å². The average molecular weight is 430 g/mol. The number of carbonyl (C=O) groups is 1. The lowest BCUT2D eigenvalue weighted by Gasteiger charge is -2.08. The molecule has 1 amide bonds. The zero-order chi connectivity index (χ0) is 21.7. The molecule has 0 aliphatic heterocycles. The van der Waals surface area contributed by atoms with Crippen LogP contribution in [-0.4, -0.2) is 36.9 Å². The van der Waals surface area contributed by atoms with Crippen molar-refractivity contribution in [2.75, 3.05) is 12.3 Å². The third kappa shape index (κ3) is 5.02. The molecule has 0 spiro atoms. The van der Waals surface area contributed by atoms with Crippen molar-refractivity contribution in [3.8, 4) is 0 Å². The molecule has 8 nitrogen and oxygen atoms in total. The Balaban J connectivity index is 1.42. The monoisotopic (exact) mass is 429 g/mol. The smallest absolute Gasteiger partial charge is 0.332 e. The molecule has 0 aliphatic rings. The van der Waals surface area contributed by atoms with Gasteiger partial charge in [0.25, 0.3) is 5.56 Å². The normalized spacial score (nSPS) is 11.2. The zero-order valence-corrected chi connectivity index (χ0v) is 18.4. The Hall–Kier alpha value is -2.81. The standard InChI is InChI=1S/C21H27N5O3S/c1-15-6-8-16(9-7-15)13-30-12-10-22-17(27)5-4-11-26-14-23-19-18(26)20(28)25(3)21(29)24(19)2/h6-9,14H,4-5,10-13H2,1-3H3,(H,22,27). The van der Waals surface area contributed by atoms with E-state index in [1.165, 1.54) is 22.7 Å². The van der Waals surface area contributed by atoms with Crippen LogP contribution in [0, 0.1) is 6.92 Å². The maximum atomic E-state index is 12.4. The molecule has 9 heteroatoms. The third-order valence-corrected chi connectivity index (χ3v) is 6.01. The van der Waals surface area contributed by atoms with Crippen molar-refractivity contribution in [1.82, 2.24) is 24.0 Å². The number of fused-ring (bicyclic) bond motifs is 1. The van der Waals surface area contributed by atoms with E-state index in [1.54, 1.807) is 29.7 Å². The van der Waals surface area contributed by atoms with Crippen LogP contribution < -0.4 is 16.6 Å². The number of hydrogen-bond donors (Lipinski definition) is 1. The minimum atomic E-state index is -0.405. The summed E-state index contributed by atoms with van der Waals surface area (Å²) in [4.78, 5) is 40.6. The molecule has 1 aromatic carbocycles. The van der Waals surface area contributed by atoms with Gasteiger partial charge in [-0.05, 0) is 18.9 Å². The molecule has 0 saturated carbocycles. The first-order valence-corrected chi connectivity index (χ1v) is 11.0. The molecular weight excluding hydrogens is 402 g/mol. The summed E-state index contributed by atoms with van der Waals surface area (Å²) in [6, 6.07) is 8.48. The Morgan fingerprint density at radius 1 is 1.13 bits per heavy atom. The van der Waals surface area contributed by atoms with Crippen molar-refractivity contribution in [1.29, 1.82) is 0 Å². The maximum Gasteiger partial charge on any atom is 0.332 e. The van der Waals surface area contributed by atoms with Gasteiger partial charge in [-0.3, -0.25) is 18.7 Å². The van der Waals surface area contributed by atoms with E-state index in [0.29, 0.717) is 37.1 Å². The quantitative estimate of drug-likeness (QED) is 0.522. The van der Waals surface area contributed by atoms with E-state index >= 15 is 0 Å². The molecule has 3 rings (SSSR count). The Kier molecular flexibility index (Phi) is 7.15. The van der Waals surface area contributed by atoms with Gasteiger partial charge in [0.2, 0.25) is 5.91 Å². The summed E-state index contributed by atoms with van der Waals surface area (Å²) in [6.45, 7) is 3.19. The molecule has 0 saturated heterocycles. The highest BCUT2D eigenvalue weighted by Crippen LogP contribution is 2.12. The lowest BCUT2D eigenvalue weighted by molar-refractivity contribution is -0.121. The fraction of sp³-hybridized carbons (Fsp3) is 0.429. The Morgan fingerprint density at radius 2 is 1.87 bits per heavy atom. The van der Waals surface area contributed by atoms with Crippen LogP contribution in [0.5, 0.6) is 0 Å². The fourth-order valence-corrected chi connectivity index (χ4v) is 4.02. The zero-order valence-electron chi connectivity index (χ0n) is 17.6. The third-order valence-electron chi connectivity index (χ3n) is 4.98. The first-order valence-electron chi connectivity index (χ1n) is 9.89. The van der Waals surface area contributed by atoms with Gasteiger partial charge in [-0.1, -0.05) is 29.8 Å². The number of imidazole rings is 1. The highest BCUT2D eigenvalue weighted by atomic mass is 32.2. The molecule has 0 fully saturated rings. The van der Waals surface area contributed by atoms with Gasteiger partial charge in [0.15, 0.2) is 11.2 Å². The highest BCUT2D eigenvalue weighted by Gasteiger charge is 2.14. The van der Waals surface area contributed by atoms with Crippen molar-refractivity contribution in [2.45, 2.75) is 32.1 Å². The molecule has 2 heterocycles. The minimum absolute atomic E-state index is 0.00402. The van der Waals surface area contributed by atoms with Crippen LogP contribution in [0.2, 0.25) is 0 Å². The summed E-state index contributed by atoms with van der Waals surface area (Å²) in [6.07, 6.45) is 2.50.